The Morgan fingerprint density at radius 1 is 1.24 bits per heavy atom. The fraction of sp³-hybridized carbons (Fsp3) is 0.474. The highest BCUT2D eigenvalue weighted by atomic mass is 19.1. The molecule has 1 aliphatic heterocycles. The number of carboxylic acid groups (broad SMARTS) is 1. The average molecular weight is 344 g/mol. The second-order valence-corrected chi connectivity index (χ2v) is 7.16. The Labute approximate surface area is 144 Å². The minimum atomic E-state index is -1.26. The SMILES string of the molecule is Cc1c(C2CCNCC2)c(F)cn2c(=O)c(C(=O)O)cc(C3CC3)c12. The maximum atomic E-state index is 14.9. The Bertz CT molecular complexity index is 925. The highest BCUT2D eigenvalue weighted by Crippen LogP contribution is 2.44. The smallest absolute Gasteiger partial charge is 0.341 e. The molecule has 132 valence electrons. The molecule has 0 amide bonds. The zero-order valence-corrected chi connectivity index (χ0v) is 14.1. The molecule has 25 heavy (non-hydrogen) atoms. The van der Waals surface area contributed by atoms with E-state index >= 15 is 0 Å². The number of hydrogen-bond donors (Lipinski definition) is 2. The van der Waals surface area contributed by atoms with Crippen LogP contribution in [0.4, 0.5) is 4.39 Å². The second kappa shape index (κ2) is 5.95. The van der Waals surface area contributed by atoms with Crippen molar-refractivity contribution in [2.45, 2.75) is 44.4 Å². The van der Waals surface area contributed by atoms with Gasteiger partial charge >= 0.3 is 5.97 Å². The third kappa shape index (κ3) is 2.65. The van der Waals surface area contributed by atoms with Crippen molar-refractivity contribution < 1.29 is 14.3 Å². The first-order chi connectivity index (χ1) is 12.0. The number of carbonyl (C=O) groups is 1. The average Bonchev–Trinajstić information content (AvgIpc) is 3.41. The van der Waals surface area contributed by atoms with Crippen molar-refractivity contribution in [3.8, 4) is 0 Å². The van der Waals surface area contributed by atoms with Gasteiger partial charge in [-0.25, -0.2) is 9.18 Å². The molecule has 0 spiro atoms. The predicted molar refractivity (Wildman–Crippen MR) is 92.1 cm³/mol. The van der Waals surface area contributed by atoms with Gasteiger partial charge in [-0.2, -0.15) is 0 Å². The van der Waals surface area contributed by atoms with Crippen molar-refractivity contribution in [2.75, 3.05) is 13.1 Å². The summed E-state index contributed by atoms with van der Waals surface area (Å²) in [6.45, 7) is 3.57. The standard InChI is InChI=1S/C19H21FN2O3/c1-10-16(12-4-6-21-7-5-12)15(20)9-22-17(10)13(11-2-3-11)8-14(18(22)23)19(24)25/h8-9,11-12,21H,2-7H2,1H3,(H,24,25). The quantitative estimate of drug-likeness (QED) is 0.898. The van der Waals surface area contributed by atoms with Gasteiger partial charge in [0.15, 0.2) is 0 Å². The molecule has 0 atom stereocenters. The first-order valence-electron chi connectivity index (χ1n) is 8.81. The topological polar surface area (TPSA) is 70.8 Å². The Hall–Kier alpha value is -2.21. The fourth-order valence-electron chi connectivity index (χ4n) is 4.14. The molecule has 2 N–H and O–H groups in total. The Balaban J connectivity index is 2.02. The minimum absolute atomic E-state index is 0.132. The molecule has 1 aliphatic carbocycles. The first kappa shape index (κ1) is 16.3. The van der Waals surface area contributed by atoms with Gasteiger partial charge in [-0.1, -0.05) is 0 Å². The summed E-state index contributed by atoms with van der Waals surface area (Å²) in [5.74, 6) is -1.28. The van der Waals surface area contributed by atoms with Gasteiger partial charge in [0, 0.05) is 6.20 Å². The van der Waals surface area contributed by atoms with E-state index in [1.54, 1.807) is 0 Å². The van der Waals surface area contributed by atoms with E-state index in [0.29, 0.717) is 11.1 Å². The van der Waals surface area contributed by atoms with Gasteiger partial charge in [0.05, 0.1) is 5.52 Å². The van der Waals surface area contributed by atoms with Gasteiger partial charge in [-0.15, -0.1) is 0 Å². The third-order valence-electron chi connectivity index (χ3n) is 5.52. The molecular formula is C19H21FN2O3. The van der Waals surface area contributed by atoms with Crippen LogP contribution in [0.15, 0.2) is 17.1 Å². The number of aryl methyl sites for hydroxylation is 1. The van der Waals surface area contributed by atoms with E-state index in [4.69, 9.17) is 0 Å². The van der Waals surface area contributed by atoms with E-state index in [-0.39, 0.29) is 17.4 Å². The monoisotopic (exact) mass is 344 g/mol. The molecule has 2 aliphatic rings. The summed E-state index contributed by atoms with van der Waals surface area (Å²) in [5, 5.41) is 12.6. The Morgan fingerprint density at radius 2 is 1.92 bits per heavy atom. The zero-order valence-electron chi connectivity index (χ0n) is 14.1. The number of nitrogens with one attached hydrogen (secondary N) is 1. The summed E-state index contributed by atoms with van der Waals surface area (Å²) in [7, 11) is 0. The zero-order chi connectivity index (χ0) is 17.7. The van der Waals surface area contributed by atoms with Crippen LogP contribution in [-0.2, 0) is 0 Å². The summed E-state index contributed by atoms with van der Waals surface area (Å²) in [6.07, 6.45) is 4.88. The number of pyridine rings is 2. The molecule has 4 rings (SSSR count). The molecule has 0 aromatic carbocycles. The summed E-state index contributed by atoms with van der Waals surface area (Å²) >= 11 is 0. The van der Waals surface area contributed by atoms with Crippen LogP contribution in [0.25, 0.3) is 5.52 Å². The van der Waals surface area contributed by atoms with Crippen LogP contribution in [0.3, 0.4) is 0 Å². The summed E-state index contributed by atoms with van der Waals surface area (Å²) in [4.78, 5) is 24.0. The van der Waals surface area contributed by atoms with Gasteiger partial charge in [0.25, 0.3) is 5.56 Å². The number of carboxylic acids is 1. The van der Waals surface area contributed by atoms with Gasteiger partial charge in [-0.05, 0) is 80.3 Å². The summed E-state index contributed by atoms with van der Waals surface area (Å²) < 4.78 is 16.1. The Kier molecular flexibility index (Phi) is 3.87. The molecule has 0 unspecified atom stereocenters. The number of halogens is 1. The Morgan fingerprint density at radius 3 is 2.52 bits per heavy atom. The summed E-state index contributed by atoms with van der Waals surface area (Å²) in [6, 6.07) is 1.51. The number of rotatable bonds is 3. The van der Waals surface area contributed by atoms with E-state index in [0.717, 1.165) is 49.9 Å². The molecule has 2 fully saturated rings. The molecule has 1 saturated carbocycles. The number of nitrogens with zero attached hydrogens (tertiary/aromatic N) is 1. The van der Waals surface area contributed by atoms with Gasteiger partial charge in [-0.3, -0.25) is 9.20 Å². The maximum absolute atomic E-state index is 14.9. The van der Waals surface area contributed by atoms with Crippen molar-refractivity contribution in [1.82, 2.24) is 9.72 Å². The van der Waals surface area contributed by atoms with Crippen molar-refractivity contribution in [1.29, 1.82) is 0 Å². The van der Waals surface area contributed by atoms with E-state index < -0.39 is 17.3 Å². The number of aromatic carboxylic acids is 1. The molecule has 0 bridgehead atoms. The van der Waals surface area contributed by atoms with Gasteiger partial charge in [0.1, 0.15) is 11.4 Å². The molecule has 2 aromatic rings. The van der Waals surface area contributed by atoms with Crippen LogP contribution in [0, 0.1) is 12.7 Å². The fourth-order valence-corrected chi connectivity index (χ4v) is 4.14. The van der Waals surface area contributed by atoms with Crippen LogP contribution in [0.5, 0.6) is 0 Å². The second-order valence-electron chi connectivity index (χ2n) is 7.16. The number of fused-ring (bicyclic) bond motifs is 1. The summed E-state index contributed by atoms with van der Waals surface area (Å²) in [5.41, 5.74) is 2.09. The highest BCUT2D eigenvalue weighted by molar-refractivity contribution is 5.88. The number of piperidine rings is 1. The van der Waals surface area contributed by atoms with Crippen LogP contribution >= 0.6 is 0 Å². The lowest BCUT2D eigenvalue weighted by Gasteiger charge is -2.26. The van der Waals surface area contributed by atoms with Crippen molar-refractivity contribution >= 4 is 11.5 Å². The van der Waals surface area contributed by atoms with Crippen molar-refractivity contribution in [3.63, 3.8) is 0 Å². The third-order valence-corrected chi connectivity index (χ3v) is 5.52. The molecule has 6 heteroatoms. The van der Waals surface area contributed by atoms with E-state index in [1.165, 1.54) is 16.7 Å². The largest absolute Gasteiger partial charge is 0.477 e. The number of hydrogen-bond acceptors (Lipinski definition) is 3. The van der Waals surface area contributed by atoms with Crippen molar-refractivity contribution in [2.24, 2.45) is 0 Å². The minimum Gasteiger partial charge on any atom is -0.477 e. The van der Waals surface area contributed by atoms with Crippen molar-refractivity contribution in [3.05, 3.63) is 50.7 Å². The van der Waals surface area contributed by atoms with Gasteiger partial charge in [0.2, 0.25) is 0 Å². The maximum Gasteiger partial charge on any atom is 0.341 e. The molecule has 3 heterocycles. The molecule has 1 saturated heterocycles. The van der Waals surface area contributed by atoms with Crippen LogP contribution < -0.4 is 10.9 Å². The van der Waals surface area contributed by atoms with Crippen LogP contribution in [0.1, 0.15) is 64.6 Å². The first-order valence-corrected chi connectivity index (χ1v) is 8.81. The highest BCUT2D eigenvalue weighted by Gasteiger charge is 2.31. The predicted octanol–water partition coefficient (Wildman–Crippen LogP) is 2.79. The van der Waals surface area contributed by atoms with Crippen LogP contribution in [0.2, 0.25) is 0 Å². The van der Waals surface area contributed by atoms with E-state index in [2.05, 4.69) is 5.32 Å². The molecular weight excluding hydrogens is 323 g/mol. The molecule has 0 radical (unpaired) electrons. The van der Waals surface area contributed by atoms with Crippen LogP contribution in [-0.4, -0.2) is 28.6 Å². The van der Waals surface area contributed by atoms with Gasteiger partial charge < -0.3 is 10.4 Å². The van der Waals surface area contributed by atoms with E-state index in [1.807, 2.05) is 6.92 Å². The molecule has 2 aromatic heterocycles. The van der Waals surface area contributed by atoms with E-state index in [9.17, 15) is 19.1 Å². The normalized spacial score (nSPS) is 18.6. The lowest BCUT2D eigenvalue weighted by atomic mass is 9.86. The lowest BCUT2D eigenvalue weighted by Crippen LogP contribution is -2.29. The molecule has 5 nitrogen and oxygen atoms in total. The lowest BCUT2D eigenvalue weighted by molar-refractivity contribution is 0.0694. The number of aromatic nitrogens is 1.